The van der Waals surface area contributed by atoms with Gasteiger partial charge in [0.2, 0.25) is 0 Å². The molecule has 0 N–H and O–H groups in total. The number of nitriles is 1. The Hall–Kier alpha value is -1.08. The molecule has 0 amide bonds. The molecule has 0 aliphatic heterocycles. The smallest absolute Gasteiger partial charge is 0.348 e. The van der Waals surface area contributed by atoms with Gasteiger partial charge in [-0.05, 0) is 6.04 Å². The van der Waals surface area contributed by atoms with Crippen molar-refractivity contribution in [1.29, 1.82) is 5.26 Å². The van der Waals surface area contributed by atoms with Gasteiger partial charge in [-0.2, -0.15) is 5.26 Å². The van der Waals surface area contributed by atoms with Crippen LogP contribution in [0.2, 0.25) is 25.7 Å². The molecule has 13 heavy (non-hydrogen) atoms. The minimum Gasteiger partial charge on any atom is -0.462 e. The average molecular weight is 197 g/mol. The van der Waals surface area contributed by atoms with Crippen LogP contribution in [0.3, 0.4) is 0 Å². The number of hydrogen-bond donors (Lipinski definition) is 0. The minimum atomic E-state index is -1.16. The summed E-state index contributed by atoms with van der Waals surface area (Å²) >= 11 is 0. The molecule has 0 fully saturated rings. The van der Waals surface area contributed by atoms with Crippen molar-refractivity contribution in [2.24, 2.45) is 0 Å². The van der Waals surface area contributed by atoms with Crippen LogP contribution in [-0.4, -0.2) is 20.7 Å². The van der Waals surface area contributed by atoms with E-state index in [1.807, 2.05) is 0 Å². The topological polar surface area (TPSA) is 50.1 Å². The Morgan fingerprint density at radius 1 is 1.54 bits per heavy atom. The second-order valence-electron chi connectivity index (χ2n) is 4.04. The van der Waals surface area contributed by atoms with Crippen molar-refractivity contribution in [1.82, 2.24) is 0 Å². The molecule has 0 rings (SSSR count). The van der Waals surface area contributed by atoms with Gasteiger partial charge in [-0.1, -0.05) is 26.2 Å². The molecule has 0 aliphatic rings. The quantitative estimate of drug-likeness (QED) is 0.299. The van der Waals surface area contributed by atoms with E-state index in [1.165, 1.54) is 0 Å². The van der Waals surface area contributed by atoms with Crippen LogP contribution in [0.1, 0.15) is 0 Å². The highest BCUT2D eigenvalue weighted by atomic mass is 28.3. The van der Waals surface area contributed by atoms with E-state index in [4.69, 9.17) is 10.00 Å². The average Bonchev–Trinajstić information content (AvgIpc) is 2.00. The molecular formula is C9H15NO2Si. The Morgan fingerprint density at radius 2 is 2.08 bits per heavy atom. The lowest BCUT2D eigenvalue weighted by Crippen LogP contribution is -2.22. The van der Waals surface area contributed by atoms with E-state index in [1.54, 1.807) is 6.07 Å². The lowest BCUT2D eigenvalue weighted by Gasteiger charge is -2.14. The van der Waals surface area contributed by atoms with E-state index in [9.17, 15) is 4.79 Å². The predicted molar refractivity (Wildman–Crippen MR) is 53.9 cm³/mol. The number of rotatable bonds is 4. The maximum Gasteiger partial charge on any atom is 0.348 e. The molecule has 0 saturated carbocycles. The summed E-state index contributed by atoms with van der Waals surface area (Å²) in [6.07, 6.45) is 0. The van der Waals surface area contributed by atoms with Crippen LogP contribution in [0.5, 0.6) is 0 Å². The van der Waals surface area contributed by atoms with Crippen LogP contribution in [0.4, 0.5) is 0 Å². The zero-order chi connectivity index (χ0) is 10.5. The highest BCUT2D eigenvalue weighted by Gasteiger charge is 2.14. The molecule has 4 heteroatoms. The zero-order valence-corrected chi connectivity index (χ0v) is 9.39. The van der Waals surface area contributed by atoms with Crippen molar-refractivity contribution in [3.63, 3.8) is 0 Å². The van der Waals surface area contributed by atoms with Crippen molar-refractivity contribution in [2.45, 2.75) is 25.7 Å². The third-order valence-corrected chi connectivity index (χ3v) is 3.17. The van der Waals surface area contributed by atoms with Crippen LogP contribution in [0.25, 0.3) is 0 Å². The molecular weight excluding hydrogens is 182 g/mol. The van der Waals surface area contributed by atoms with Gasteiger partial charge in [-0.3, -0.25) is 0 Å². The Labute approximate surface area is 80.0 Å². The van der Waals surface area contributed by atoms with Crippen LogP contribution < -0.4 is 0 Å². The molecule has 0 spiro atoms. The van der Waals surface area contributed by atoms with Crippen LogP contribution in [-0.2, 0) is 9.53 Å². The minimum absolute atomic E-state index is 0.129. The fourth-order valence-corrected chi connectivity index (χ4v) is 1.30. The van der Waals surface area contributed by atoms with Crippen LogP contribution in [0, 0.1) is 11.3 Å². The van der Waals surface area contributed by atoms with Gasteiger partial charge in [0.25, 0.3) is 0 Å². The number of hydrogen-bond acceptors (Lipinski definition) is 3. The fourth-order valence-electron chi connectivity index (χ4n) is 0.583. The van der Waals surface area contributed by atoms with Crippen LogP contribution in [0.15, 0.2) is 12.2 Å². The van der Waals surface area contributed by atoms with Gasteiger partial charge < -0.3 is 4.74 Å². The number of carbonyl (C=O) groups is 1. The Morgan fingerprint density at radius 3 is 2.46 bits per heavy atom. The maximum atomic E-state index is 10.9. The van der Waals surface area contributed by atoms with E-state index in [2.05, 4.69) is 26.2 Å². The molecule has 0 aromatic heterocycles. The first-order valence-corrected chi connectivity index (χ1v) is 7.83. The first kappa shape index (κ1) is 11.9. The maximum absolute atomic E-state index is 10.9. The van der Waals surface area contributed by atoms with Crippen molar-refractivity contribution in [3.05, 3.63) is 12.2 Å². The number of carbonyl (C=O) groups excluding carboxylic acids is 1. The summed E-state index contributed by atoms with van der Waals surface area (Å²) in [6.45, 7) is 10.2. The summed E-state index contributed by atoms with van der Waals surface area (Å²) in [6, 6.07) is 2.57. The van der Waals surface area contributed by atoms with Crippen molar-refractivity contribution in [3.8, 4) is 6.07 Å². The normalized spacial score (nSPS) is 10.3. The van der Waals surface area contributed by atoms with Crippen molar-refractivity contribution < 1.29 is 9.53 Å². The van der Waals surface area contributed by atoms with Gasteiger partial charge in [0.15, 0.2) is 0 Å². The van der Waals surface area contributed by atoms with Gasteiger partial charge in [0.1, 0.15) is 11.6 Å². The lowest BCUT2D eigenvalue weighted by atomic mass is 10.3. The molecule has 0 aromatic rings. The zero-order valence-electron chi connectivity index (χ0n) is 8.39. The highest BCUT2D eigenvalue weighted by Crippen LogP contribution is 2.08. The summed E-state index contributed by atoms with van der Waals surface area (Å²) in [5.74, 6) is -0.597. The molecule has 0 aliphatic carbocycles. The standard InChI is InChI=1S/C9H15NO2Si/c1-8(7-10)9(11)12-5-6-13(2,3)4/h1,5-6H2,2-4H3. The monoisotopic (exact) mass is 197 g/mol. The van der Waals surface area contributed by atoms with Crippen LogP contribution >= 0.6 is 0 Å². The first-order chi connectivity index (χ1) is 5.87. The molecule has 0 radical (unpaired) electrons. The number of nitrogens with zero attached hydrogens (tertiary/aromatic N) is 1. The van der Waals surface area contributed by atoms with Gasteiger partial charge in [0.05, 0.1) is 6.61 Å². The molecule has 0 aromatic carbocycles. The summed E-state index contributed by atoms with van der Waals surface area (Å²) in [4.78, 5) is 10.9. The molecule has 0 heterocycles. The summed E-state index contributed by atoms with van der Waals surface area (Å²) in [7, 11) is -1.16. The third kappa shape index (κ3) is 6.11. The fraction of sp³-hybridized carbons (Fsp3) is 0.556. The van der Waals surface area contributed by atoms with Crippen molar-refractivity contribution >= 4 is 14.0 Å². The predicted octanol–water partition coefficient (Wildman–Crippen LogP) is 1.95. The van der Waals surface area contributed by atoms with E-state index < -0.39 is 14.0 Å². The largest absolute Gasteiger partial charge is 0.462 e. The second-order valence-corrected chi connectivity index (χ2v) is 9.66. The summed E-state index contributed by atoms with van der Waals surface area (Å²) in [5.41, 5.74) is -0.129. The molecule has 72 valence electrons. The summed E-state index contributed by atoms with van der Waals surface area (Å²) < 4.78 is 4.84. The lowest BCUT2D eigenvalue weighted by molar-refractivity contribution is -0.137. The van der Waals surface area contributed by atoms with Gasteiger partial charge in [-0.25, -0.2) is 4.79 Å². The second kappa shape index (κ2) is 4.82. The van der Waals surface area contributed by atoms with Gasteiger partial charge in [-0.15, -0.1) is 0 Å². The molecule has 0 saturated heterocycles. The molecule has 0 bridgehead atoms. The van der Waals surface area contributed by atoms with E-state index >= 15 is 0 Å². The number of esters is 1. The first-order valence-electron chi connectivity index (χ1n) is 4.13. The highest BCUT2D eigenvalue weighted by molar-refractivity contribution is 6.76. The third-order valence-electron chi connectivity index (χ3n) is 1.47. The SMILES string of the molecule is C=C(C#N)C(=O)OCC[Si](C)(C)C. The molecule has 0 unspecified atom stereocenters. The van der Waals surface area contributed by atoms with Gasteiger partial charge in [0, 0.05) is 8.07 Å². The van der Waals surface area contributed by atoms with Crippen molar-refractivity contribution in [2.75, 3.05) is 6.61 Å². The van der Waals surface area contributed by atoms with E-state index in [0.717, 1.165) is 6.04 Å². The Bertz CT molecular complexity index is 247. The Balaban J connectivity index is 3.74. The molecule has 3 nitrogen and oxygen atoms in total. The number of ether oxygens (including phenoxy) is 1. The summed E-state index contributed by atoms with van der Waals surface area (Å²) in [5, 5.41) is 8.32. The van der Waals surface area contributed by atoms with Gasteiger partial charge >= 0.3 is 5.97 Å². The van der Waals surface area contributed by atoms with E-state index in [-0.39, 0.29) is 5.57 Å². The Kier molecular flexibility index (Phi) is 4.42. The molecule has 0 atom stereocenters. The van der Waals surface area contributed by atoms with E-state index in [0.29, 0.717) is 6.61 Å².